The number of benzene rings is 1. The van der Waals surface area contributed by atoms with E-state index in [4.69, 9.17) is 0 Å². The lowest BCUT2D eigenvalue weighted by Crippen LogP contribution is -2.20. The minimum atomic E-state index is -1.05. The van der Waals surface area contributed by atoms with Crippen LogP contribution in [0.3, 0.4) is 0 Å². The number of hydrogen-bond donors (Lipinski definition) is 2. The first-order valence-corrected chi connectivity index (χ1v) is 7.49. The molecule has 0 saturated heterocycles. The maximum atomic E-state index is 12.5. The molecule has 0 spiro atoms. The topological polar surface area (TPSA) is 119 Å². The molecule has 0 heterocycles. The summed E-state index contributed by atoms with van der Waals surface area (Å²) in [4.78, 5) is 47.2. The van der Waals surface area contributed by atoms with Crippen LogP contribution in [-0.2, 0) is 19.1 Å². The molecule has 25 heavy (non-hydrogen) atoms. The van der Waals surface area contributed by atoms with Crippen LogP contribution in [0, 0.1) is 17.3 Å². The first-order chi connectivity index (χ1) is 11.6. The van der Waals surface area contributed by atoms with Gasteiger partial charge in [-0.3, -0.25) is 9.59 Å². The Morgan fingerprint density at radius 1 is 1.04 bits per heavy atom. The van der Waals surface area contributed by atoms with Crippen molar-refractivity contribution in [2.24, 2.45) is 17.3 Å². The zero-order chi connectivity index (χ0) is 18.9. The van der Waals surface area contributed by atoms with Crippen molar-refractivity contribution in [3.05, 3.63) is 29.3 Å². The van der Waals surface area contributed by atoms with Crippen molar-refractivity contribution in [1.82, 2.24) is 0 Å². The van der Waals surface area contributed by atoms with Crippen LogP contribution >= 0.6 is 0 Å². The van der Waals surface area contributed by atoms with Gasteiger partial charge in [0.1, 0.15) is 0 Å². The minimum absolute atomic E-state index is 0.0498. The summed E-state index contributed by atoms with van der Waals surface area (Å²) in [7, 11) is 2.39. The van der Waals surface area contributed by atoms with Crippen LogP contribution in [0.1, 0.15) is 34.6 Å². The highest BCUT2D eigenvalue weighted by atomic mass is 16.5. The Labute approximate surface area is 144 Å². The van der Waals surface area contributed by atoms with Crippen molar-refractivity contribution in [2.45, 2.75) is 13.8 Å². The summed E-state index contributed by atoms with van der Waals surface area (Å²) in [6.07, 6.45) is 0. The second-order valence-electron chi connectivity index (χ2n) is 6.35. The molecule has 0 aromatic heterocycles. The fourth-order valence-corrected chi connectivity index (χ4v) is 2.98. The van der Waals surface area contributed by atoms with E-state index in [-0.39, 0.29) is 16.8 Å². The molecule has 0 bridgehead atoms. The smallest absolute Gasteiger partial charge is 0.339 e. The molecule has 134 valence electrons. The number of esters is 2. The number of carboxylic acid groups (broad SMARTS) is 1. The lowest BCUT2D eigenvalue weighted by molar-refractivity contribution is -0.140. The van der Waals surface area contributed by atoms with Crippen LogP contribution in [0.5, 0.6) is 0 Å². The molecule has 0 radical (unpaired) electrons. The quantitative estimate of drug-likeness (QED) is 0.774. The molecule has 1 fully saturated rings. The Hall–Kier alpha value is -2.90. The predicted molar refractivity (Wildman–Crippen MR) is 86.1 cm³/mol. The summed E-state index contributed by atoms with van der Waals surface area (Å²) in [5.41, 5.74) is -0.447. The van der Waals surface area contributed by atoms with Crippen molar-refractivity contribution < 1.29 is 33.8 Å². The summed E-state index contributed by atoms with van der Waals surface area (Å²) in [5.74, 6) is -4.47. The third kappa shape index (κ3) is 3.33. The highest BCUT2D eigenvalue weighted by Gasteiger charge is 2.65. The highest BCUT2D eigenvalue weighted by Crippen LogP contribution is 2.58. The molecule has 2 atom stereocenters. The van der Waals surface area contributed by atoms with Gasteiger partial charge in [-0.2, -0.15) is 0 Å². The SMILES string of the molecule is COC(=O)c1ccc(C(=O)OC)c(NC(=O)[C@H]2[C@H](C(=O)O)C2(C)C)c1. The number of carbonyl (C=O) groups excluding carboxylic acids is 3. The van der Waals surface area contributed by atoms with Crippen LogP contribution in [-0.4, -0.2) is 43.1 Å². The van der Waals surface area contributed by atoms with Crippen molar-refractivity contribution in [3.8, 4) is 0 Å². The van der Waals surface area contributed by atoms with Gasteiger partial charge in [0.25, 0.3) is 0 Å². The fraction of sp³-hybridized carbons (Fsp3) is 0.412. The Bertz CT molecular complexity index is 753. The summed E-state index contributed by atoms with van der Waals surface area (Å²) < 4.78 is 9.28. The van der Waals surface area contributed by atoms with Gasteiger partial charge < -0.3 is 19.9 Å². The predicted octanol–water partition coefficient (Wildman–Crippen LogP) is 1.56. The molecule has 8 heteroatoms. The normalized spacial score (nSPS) is 20.3. The first-order valence-electron chi connectivity index (χ1n) is 7.49. The highest BCUT2D eigenvalue weighted by molar-refractivity contribution is 6.06. The maximum absolute atomic E-state index is 12.5. The van der Waals surface area contributed by atoms with Gasteiger partial charge in [0.2, 0.25) is 5.91 Å². The molecule has 1 aromatic rings. The standard InChI is InChI=1S/C17H19NO7/c1-17(2)11(12(17)14(20)21)13(19)18-10-7-8(15(22)24-3)5-6-9(10)16(23)25-4/h5-7,11-12H,1-4H3,(H,18,19)(H,20,21)/t11-,12-/m1/s1. The van der Waals surface area contributed by atoms with Crippen molar-refractivity contribution >= 4 is 29.5 Å². The zero-order valence-electron chi connectivity index (χ0n) is 14.3. The van der Waals surface area contributed by atoms with Gasteiger partial charge in [-0.1, -0.05) is 13.8 Å². The van der Waals surface area contributed by atoms with E-state index in [2.05, 4.69) is 14.8 Å². The molecule has 2 rings (SSSR count). The maximum Gasteiger partial charge on any atom is 0.339 e. The van der Waals surface area contributed by atoms with E-state index in [1.54, 1.807) is 13.8 Å². The number of nitrogens with one attached hydrogen (secondary N) is 1. The molecule has 1 aliphatic rings. The third-order valence-electron chi connectivity index (χ3n) is 4.48. The van der Waals surface area contributed by atoms with E-state index < -0.39 is 41.1 Å². The Kier molecular flexibility index (Phi) is 4.82. The minimum Gasteiger partial charge on any atom is -0.481 e. The largest absolute Gasteiger partial charge is 0.481 e. The lowest BCUT2D eigenvalue weighted by atomic mass is 10.1. The summed E-state index contributed by atoms with van der Waals surface area (Å²) >= 11 is 0. The van der Waals surface area contributed by atoms with Crippen LogP contribution in [0.2, 0.25) is 0 Å². The molecule has 1 aliphatic carbocycles. The molecular formula is C17H19NO7. The number of aliphatic carboxylic acids is 1. The Morgan fingerprint density at radius 3 is 2.12 bits per heavy atom. The van der Waals surface area contributed by atoms with Gasteiger partial charge in [0, 0.05) is 0 Å². The number of carbonyl (C=O) groups is 4. The molecule has 1 aromatic carbocycles. The van der Waals surface area contributed by atoms with E-state index in [0.29, 0.717) is 0 Å². The Balaban J connectivity index is 2.33. The van der Waals surface area contributed by atoms with Gasteiger partial charge in [0.05, 0.1) is 42.9 Å². The van der Waals surface area contributed by atoms with Gasteiger partial charge >= 0.3 is 17.9 Å². The summed E-state index contributed by atoms with van der Waals surface area (Å²) in [6, 6.07) is 4.00. The van der Waals surface area contributed by atoms with Gasteiger partial charge in [0.15, 0.2) is 0 Å². The fourth-order valence-electron chi connectivity index (χ4n) is 2.98. The van der Waals surface area contributed by atoms with Crippen LogP contribution in [0.4, 0.5) is 5.69 Å². The molecule has 1 amide bonds. The average molecular weight is 349 g/mol. The van der Waals surface area contributed by atoms with Crippen molar-refractivity contribution in [3.63, 3.8) is 0 Å². The van der Waals surface area contributed by atoms with Crippen molar-refractivity contribution in [2.75, 3.05) is 19.5 Å². The number of carboxylic acids is 1. The summed E-state index contributed by atoms with van der Waals surface area (Å²) in [6.45, 7) is 3.37. The second kappa shape index (κ2) is 6.54. The number of amides is 1. The van der Waals surface area contributed by atoms with Crippen LogP contribution in [0.25, 0.3) is 0 Å². The molecule has 0 aliphatic heterocycles. The second-order valence-corrected chi connectivity index (χ2v) is 6.35. The number of hydrogen-bond acceptors (Lipinski definition) is 6. The zero-order valence-corrected chi connectivity index (χ0v) is 14.3. The number of ether oxygens (including phenoxy) is 2. The number of anilines is 1. The molecular weight excluding hydrogens is 330 g/mol. The van der Waals surface area contributed by atoms with Gasteiger partial charge in [-0.15, -0.1) is 0 Å². The lowest BCUT2D eigenvalue weighted by Gasteiger charge is -2.12. The van der Waals surface area contributed by atoms with Gasteiger partial charge in [-0.05, 0) is 23.6 Å². The van der Waals surface area contributed by atoms with Gasteiger partial charge in [-0.25, -0.2) is 9.59 Å². The first kappa shape index (κ1) is 18.4. The van der Waals surface area contributed by atoms with E-state index in [1.807, 2.05) is 0 Å². The number of rotatable bonds is 5. The van der Waals surface area contributed by atoms with E-state index in [9.17, 15) is 24.3 Å². The Morgan fingerprint density at radius 2 is 1.64 bits per heavy atom. The van der Waals surface area contributed by atoms with E-state index in [0.717, 1.165) is 0 Å². The average Bonchev–Trinajstić information content (AvgIpc) is 3.16. The summed E-state index contributed by atoms with van der Waals surface area (Å²) in [5, 5.41) is 11.7. The number of methoxy groups -OCH3 is 2. The van der Waals surface area contributed by atoms with E-state index >= 15 is 0 Å². The van der Waals surface area contributed by atoms with Crippen molar-refractivity contribution in [1.29, 1.82) is 0 Å². The third-order valence-corrected chi connectivity index (χ3v) is 4.48. The molecule has 0 unspecified atom stereocenters. The molecule has 8 nitrogen and oxygen atoms in total. The van der Waals surface area contributed by atoms with E-state index in [1.165, 1.54) is 32.4 Å². The molecule has 2 N–H and O–H groups in total. The monoisotopic (exact) mass is 349 g/mol. The van der Waals surface area contributed by atoms with Crippen LogP contribution in [0.15, 0.2) is 18.2 Å². The molecule has 1 saturated carbocycles. The van der Waals surface area contributed by atoms with Crippen LogP contribution < -0.4 is 5.32 Å².